The fraction of sp³-hybridized carbons (Fsp3) is 0.111. The van der Waals surface area contributed by atoms with Crippen LogP contribution in [0.2, 0.25) is 0 Å². The van der Waals surface area contributed by atoms with Crippen molar-refractivity contribution in [3.05, 3.63) is 65.9 Å². The van der Waals surface area contributed by atoms with E-state index >= 15 is 0 Å². The zero-order valence-corrected chi connectivity index (χ0v) is 11.8. The van der Waals surface area contributed by atoms with Gasteiger partial charge in [-0.15, -0.1) is 0 Å². The number of phenolic OH excluding ortho intramolecular Hbond substituents is 2. The van der Waals surface area contributed by atoms with Crippen LogP contribution in [0.25, 0.3) is 16.7 Å². The van der Waals surface area contributed by atoms with Gasteiger partial charge in [0.2, 0.25) is 0 Å². The van der Waals surface area contributed by atoms with Crippen molar-refractivity contribution in [2.24, 2.45) is 0 Å². The topological polar surface area (TPSA) is 80.9 Å². The van der Waals surface area contributed by atoms with Gasteiger partial charge in [-0.3, -0.25) is 0 Å². The van der Waals surface area contributed by atoms with Crippen molar-refractivity contribution < 1.29 is 20.4 Å². The Morgan fingerprint density at radius 1 is 0.909 bits per heavy atom. The first-order chi connectivity index (χ1) is 10.6. The molecule has 1 aliphatic carbocycles. The number of aromatic hydroxyl groups is 2. The maximum atomic E-state index is 10.0. The van der Waals surface area contributed by atoms with Crippen molar-refractivity contribution in [1.29, 1.82) is 0 Å². The zero-order valence-electron chi connectivity index (χ0n) is 11.8. The molecule has 0 amide bonds. The summed E-state index contributed by atoms with van der Waals surface area (Å²) < 4.78 is 0. The van der Waals surface area contributed by atoms with E-state index in [1.165, 1.54) is 6.07 Å². The third-order valence-corrected chi connectivity index (χ3v) is 3.73. The molecule has 4 nitrogen and oxygen atoms in total. The van der Waals surface area contributed by atoms with Crippen LogP contribution in [0.5, 0.6) is 11.5 Å². The monoisotopic (exact) mass is 296 g/mol. The average Bonchev–Trinajstić information content (AvgIpc) is 2.53. The fourth-order valence-corrected chi connectivity index (χ4v) is 2.55. The van der Waals surface area contributed by atoms with E-state index in [2.05, 4.69) is 0 Å². The van der Waals surface area contributed by atoms with Crippen LogP contribution in [0, 0.1) is 0 Å². The van der Waals surface area contributed by atoms with Crippen molar-refractivity contribution >= 4 is 5.57 Å². The predicted octanol–water partition coefficient (Wildman–Crippen LogP) is 3.35. The Hall–Kier alpha value is -2.72. The molecule has 0 radical (unpaired) electrons. The third-order valence-electron chi connectivity index (χ3n) is 3.73. The van der Waals surface area contributed by atoms with Crippen LogP contribution >= 0.6 is 0 Å². The number of para-hydroxylation sites is 1. The summed E-state index contributed by atoms with van der Waals surface area (Å²) in [6.07, 6.45) is 3.07. The van der Waals surface area contributed by atoms with Crippen molar-refractivity contribution in [2.45, 2.75) is 12.5 Å². The van der Waals surface area contributed by atoms with Crippen LogP contribution in [0.3, 0.4) is 0 Å². The Labute approximate surface area is 127 Å². The molecule has 0 saturated heterocycles. The van der Waals surface area contributed by atoms with Gasteiger partial charge < -0.3 is 20.4 Å². The number of benzene rings is 2. The Bertz CT molecular complexity index is 774. The fourth-order valence-electron chi connectivity index (χ4n) is 2.55. The van der Waals surface area contributed by atoms with Gasteiger partial charge in [-0.2, -0.15) is 0 Å². The van der Waals surface area contributed by atoms with Crippen molar-refractivity contribution in [3.8, 4) is 22.6 Å². The van der Waals surface area contributed by atoms with Crippen LogP contribution in [-0.4, -0.2) is 26.5 Å². The highest BCUT2D eigenvalue weighted by Gasteiger charge is 2.18. The Kier molecular flexibility index (Phi) is 3.61. The molecule has 22 heavy (non-hydrogen) atoms. The predicted molar refractivity (Wildman–Crippen MR) is 84.5 cm³/mol. The normalized spacial score (nSPS) is 17.8. The quantitative estimate of drug-likeness (QED) is 0.641. The van der Waals surface area contributed by atoms with Crippen molar-refractivity contribution in [3.63, 3.8) is 0 Å². The van der Waals surface area contributed by atoms with E-state index in [0.29, 0.717) is 23.1 Å². The van der Waals surface area contributed by atoms with E-state index in [1.54, 1.807) is 42.5 Å². The number of rotatable bonds is 2. The lowest BCUT2D eigenvalue weighted by molar-refractivity contribution is 0.156. The molecule has 0 heterocycles. The number of aliphatic hydroxyl groups is 2. The number of aliphatic hydroxyl groups excluding tert-OH is 2. The molecule has 4 heteroatoms. The zero-order chi connectivity index (χ0) is 15.7. The van der Waals surface area contributed by atoms with Crippen LogP contribution in [-0.2, 0) is 0 Å². The summed E-state index contributed by atoms with van der Waals surface area (Å²) in [4.78, 5) is 0. The van der Waals surface area contributed by atoms with Crippen LogP contribution in [0.1, 0.15) is 12.0 Å². The van der Waals surface area contributed by atoms with E-state index in [4.69, 9.17) is 0 Å². The van der Waals surface area contributed by atoms with Gasteiger partial charge >= 0.3 is 0 Å². The number of hydrogen-bond acceptors (Lipinski definition) is 4. The largest absolute Gasteiger partial charge is 0.509 e. The lowest BCUT2D eigenvalue weighted by atomic mass is 9.93. The smallest absolute Gasteiger partial charge is 0.165 e. The summed E-state index contributed by atoms with van der Waals surface area (Å²) in [7, 11) is 0. The SMILES string of the molecule is OC1=C(c2cccc(-c3cccc(O)c3O)c2)C=CC[C@H]1O. The Morgan fingerprint density at radius 3 is 2.45 bits per heavy atom. The molecular formula is C18H16O4. The first-order valence-corrected chi connectivity index (χ1v) is 6.97. The lowest BCUT2D eigenvalue weighted by Gasteiger charge is -2.17. The van der Waals surface area contributed by atoms with Gasteiger partial charge in [0.05, 0.1) is 0 Å². The lowest BCUT2D eigenvalue weighted by Crippen LogP contribution is -2.13. The number of phenols is 2. The molecular weight excluding hydrogens is 280 g/mol. The molecule has 2 aromatic rings. The molecule has 4 N–H and O–H groups in total. The Morgan fingerprint density at radius 2 is 1.64 bits per heavy atom. The molecule has 0 saturated carbocycles. The summed E-state index contributed by atoms with van der Waals surface area (Å²) in [6.45, 7) is 0. The van der Waals surface area contributed by atoms with Gasteiger partial charge in [0, 0.05) is 11.1 Å². The van der Waals surface area contributed by atoms with Gasteiger partial charge in [0.1, 0.15) is 11.9 Å². The molecule has 3 rings (SSSR count). The first kappa shape index (κ1) is 14.2. The van der Waals surface area contributed by atoms with E-state index in [-0.39, 0.29) is 17.3 Å². The second-order valence-corrected chi connectivity index (χ2v) is 5.21. The average molecular weight is 296 g/mol. The second kappa shape index (κ2) is 5.58. The molecule has 2 aromatic carbocycles. The van der Waals surface area contributed by atoms with E-state index in [9.17, 15) is 20.4 Å². The molecule has 1 aliphatic rings. The van der Waals surface area contributed by atoms with Crippen LogP contribution in [0.4, 0.5) is 0 Å². The van der Waals surface area contributed by atoms with Gasteiger partial charge in [-0.25, -0.2) is 0 Å². The van der Waals surface area contributed by atoms with Crippen molar-refractivity contribution in [2.75, 3.05) is 0 Å². The molecule has 0 fully saturated rings. The summed E-state index contributed by atoms with van der Waals surface area (Å²) in [6, 6.07) is 12.0. The second-order valence-electron chi connectivity index (χ2n) is 5.21. The van der Waals surface area contributed by atoms with E-state index in [1.807, 2.05) is 6.07 Å². The molecule has 0 bridgehead atoms. The van der Waals surface area contributed by atoms with Gasteiger partial charge in [-0.1, -0.05) is 42.5 Å². The molecule has 0 aliphatic heterocycles. The minimum Gasteiger partial charge on any atom is -0.509 e. The summed E-state index contributed by atoms with van der Waals surface area (Å²) in [5, 5.41) is 39.4. The summed E-state index contributed by atoms with van der Waals surface area (Å²) in [5.74, 6) is -0.421. The van der Waals surface area contributed by atoms with Crippen LogP contribution < -0.4 is 0 Å². The number of hydrogen-bond donors (Lipinski definition) is 4. The highest BCUT2D eigenvalue weighted by Crippen LogP contribution is 2.37. The molecule has 112 valence electrons. The maximum absolute atomic E-state index is 10.0. The highest BCUT2D eigenvalue weighted by atomic mass is 16.3. The van der Waals surface area contributed by atoms with Crippen LogP contribution in [0.15, 0.2) is 60.4 Å². The van der Waals surface area contributed by atoms with Gasteiger partial charge in [0.15, 0.2) is 11.5 Å². The first-order valence-electron chi connectivity index (χ1n) is 6.97. The number of allylic oxidation sites excluding steroid dienone is 2. The maximum Gasteiger partial charge on any atom is 0.165 e. The molecule has 0 unspecified atom stereocenters. The minimum absolute atomic E-state index is 0.0558. The van der Waals surface area contributed by atoms with Gasteiger partial charge in [-0.05, 0) is 29.7 Å². The van der Waals surface area contributed by atoms with Gasteiger partial charge in [0.25, 0.3) is 0 Å². The van der Waals surface area contributed by atoms with E-state index < -0.39 is 6.10 Å². The Balaban J connectivity index is 2.09. The standard InChI is InChI=1S/C18H16O4/c19-15-8-2-6-13(17(15)21)11-4-1-5-12(10-11)14-7-3-9-16(20)18(14)22/h1-8,10,16,19-22H,9H2/t16-/m1/s1. The third kappa shape index (κ3) is 2.44. The van der Waals surface area contributed by atoms with E-state index in [0.717, 1.165) is 5.56 Å². The van der Waals surface area contributed by atoms with Crippen molar-refractivity contribution in [1.82, 2.24) is 0 Å². The molecule has 0 spiro atoms. The minimum atomic E-state index is -0.891. The molecule has 0 aromatic heterocycles. The highest BCUT2D eigenvalue weighted by molar-refractivity contribution is 5.81. The molecule has 1 atom stereocenters. The summed E-state index contributed by atoms with van der Waals surface area (Å²) in [5.41, 5.74) is 2.50. The summed E-state index contributed by atoms with van der Waals surface area (Å²) >= 11 is 0.